The van der Waals surface area contributed by atoms with E-state index in [2.05, 4.69) is 51.0 Å². The first-order valence-corrected chi connectivity index (χ1v) is 7.12. The Morgan fingerprint density at radius 1 is 1.26 bits per heavy atom. The highest BCUT2D eigenvalue weighted by atomic mass is 16.5. The monoisotopic (exact) mass is 264 g/mol. The number of hydrogen-bond acceptors (Lipinski definition) is 3. The van der Waals surface area contributed by atoms with Crippen molar-refractivity contribution in [3.63, 3.8) is 0 Å². The molecule has 0 heterocycles. The Morgan fingerprint density at radius 3 is 2.37 bits per heavy atom. The van der Waals surface area contributed by atoms with E-state index in [1.54, 1.807) is 7.11 Å². The third-order valence-electron chi connectivity index (χ3n) is 3.86. The zero-order valence-electron chi connectivity index (χ0n) is 12.9. The Labute approximate surface area is 117 Å². The van der Waals surface area contributed by atoms with Crippen molar-refractivity contribution in [2.45, 2.75) is 32.7 Å². The van der Waals surface area contributed by atoms with Gasteiger partial charge < -0.3 is 15.4 Å². The van der Waals surface area contributed by atoms with Gasteiger partial charge >= 0.3 is 0 Å². The van der Waals surface area contributed by atoms with Gasteiger partial charge in [-0.3, -0.25) is 0 Å². The van der Waals surface area contributed by atoms with Crippen molar-refractivity contribution in [2.75, 3.05) is 27.7 Å². The molecule has 0 aliphatic rings. The minimum atomic E-state index is 0.367. The fraction of sp³-hybridized carbons (Fsp3) is 0.625. The second-order valence-electron chi connectivity index (χ2n) is 5.24. The van der Waals surface area contributed by atoms with E-state index in [9.17, 15) is 0 Å². The first-order chi connectivity index (χ1) is 9.08. The lowest BCUT2D eigenvalue weighted by atomic mass is 9.89. The summed E-state index contributed by atoms with van der Waals surface area (Å²) < 4.78 is 5.41. The predicted molar refractivity (Wildman–Crippen MR) is 81.6 cm³/mol. The van der Waals surface area contributed by atoms with Gasteiger partial charge in [0.15, 0.2) is 0 Å². The van der Waals surface area contributed by atoms with Crippen LogP contribution in [0.1, 0.15) is 37.4 Å². The summed E-state index contributed by atoms with van der Waals surface area (Å²) in [4.78, 5) is 2.27. The molecule has 2 atom stereocenters. The third kappa shape index (κ3) is 3.71. The maximum atomic E-state index is 5.93. The van der Waals surface area contributed by atoms with Crippen molar-refractivity contribution in [3.05, 3.63) is 29.3 Å². The van der Waals surface area contributed by atoms with E-state index < -0.39 is 0 Å². The van der Waals surface area contributed by atoms with Crippen LogP contribution in [0.2, 0.25) is 0 Å². The molecule has 0 radical (unpaired) electrons. The lowest BCUT2D eigenvalue weighted by molar-refractivity contribution is 0.210. The van der Waals surface area contributed by atoms with Crippen LogP contribution >= 0.6 is 0 Å². The van der Waals surface area contributed by atoms with Crippen LogP contribution in [0.3, 0.4) is 0 Å². The molecule has 3 nitrogen and oxygen atoms in total. The molecule has 0 saturated heterocycles. The smallest absolute Gasteiger partial charge is 0.122 e. The van der Waals surface area contributed by atoms with E-state index in [1.165, 1.54) is 11.1 Å². The average molecular weight is 264 g/mol. The molecule has 19 heavy (non-hydrogen) atoms. The van der Waals surface area contributed by atoms with Gasteiger partial charge in [-0.05, 0) is 50.2 Å². The van der Waals surface area contributed by atoms with Gasteiger partial charge in [0.25, 0.3) is 0 Å². The van der Waals surface area contributed by atoms with Crippen molar-refractivity contribution in [1.82, 2.24) is 4.90 Å². The quantitative estimate of drug-likeness (QED) is 0.823. The maximum absolute atomic E-state index is 5.93. The van der Waals surface area contributed by atoms with Gasteiger partial charge in [0, 0.05) is 6.04 Å². The molecule has 0 bridgehead atoms. The molecule has 2 N–H and O–H groups in total. The van der Waals surface area contributed by atoms with Crippen LogP contribution in [0.5, 0.6) is 5.75 Å². The second kappa shape index (κ2) is 7.51. The SMILES string of the molecule is CCc1cc(C(C(CC)CN)N(C)C)ccc1OC. The maximum Gasteiger partial charge on any atom is 0.122 e. The normalized spacial score (nSPS) is 14.5. The Kier molecular flexibility index (Phi) is 6.32. The fourth-order valence-electron chi connectivity index (χ4n) is 2.77. The van der Waals surface area contributed by atoms with E-state index in [0.29, 0.717) is 18.5 Å². The minimum Gasteiger partial charge on any atom is -0.496 e. The summed E-state index contributed by atoms with van der Waals surface area (Å²) in [6.45, 7) is 5.08. The van der Waals surface area contributed by atoms with E-state index in [1.807, 2.05) is 0 Å². The van der Waals surface area contributed by atoms with E-state index >= 15 is 0 Å². The lowest BCUT2D eigenvalue weighted by Crippen LogP contribution is -2.31. The fourth-order valence-corrected chi connectivity index (χ4v) is 2.77. The zero-order valence-corrected chi connectivity index (χ0v) is 12.9. The number of rotatable bonds is 7. The number of nitrogens with two attached hydrogens (primary N) is 1. The summed E-state index contributed by atoms with van der Waals surface area (Å²) in [6, 6.07) is 6.88. The topological polar surface area (TPSA) is 38.5 Å². The summed E-state index contributed by atoms with van der Waals surface area (Å²) in [7, 11) is 5.98. The molecule has 0 aromatic heterocycles. The number of aryl methyl sites for hydroxylation is 1. The van der Waals surface area contributed by atoms with Gasteiger partial charge in [-0.1, -0.05) is 32.4 Å². The van der Waals surface area contributed by atoms with E-state index in [-0.39, 0.29) is 0 Å². The standard InChI is InChI=1S/C16H28N2O/c1-6-12-10-14(8-9-15(12)19-5)16(18(3)4)13(7-2)11-17/h8-10,13,16H,6-7,11,17H2,1-5H3. The molecule has 3 heteroatoms. The Bertz CT molecular complexity index is 386. The summed E-state index contributed by atoms with van der Waals surface area (Å²) in [5, 5.41) is 0. The molecule has 1 rings (SSSR count). The predicted octanol–water partition coefficient (Wildman–Crippen LogP) is 2.85. The molecule has 1 aromatic carbocycles. The van der Waals surface area contributed by atoms with Gasteiger partial charge in [-0.25, -0.2) is 0 Å². The zero-order chi connectivity index (χ0) is 14.4. The van der Waals surface area contributed by atoms with Gasteiger partial charge in [-0.2, -0.15) is 0 Å². The van der Waals surface area contributed by atoms with Gasteiger partial charge in [0.1, 0.15) is 5.75 Å². The summed E-state index contributed by atoms with van der Waals surface area (Å²) in [6.07, 6.45) is 2.07. The van der Waals surface area contributed by atoms with Gasteiger partial charge in [0.05, 0.1) is 7.11 Å². The van der Waals surface area contributed by atoms with Crippen LogP contribution < -0.4 is 10.5 Å². The summed E-state index contributed by atoms with van der Waals surface area (Å²) in [5.41, 5.74) is 8.53. The molecular weight excluding hydrogens is 236 g/mol. The molecule has 1 aromatic rings. The highest BCUT2D eigenvalue weighted by molar-refractivity contribution is 5.38. The molecule has 0 aliphatic carbocycles. The number of benzene rings is 1. The molecule has 0 fully saturated rings. The highest BCUT2D eigenvalue weighted by Gasteiger charge is 2.23. The molecule has 0 saturated carbocycles. The first-order valence-electron chi connectivity index (χ1n) is 7.12. The summed E-state index contributed by atoms with van der Waals surface area (Å²) >= 11 is 0. The Morgan fingerprint density at radius 2 is 1.95 bits per heavy atom. The largest absolute Gasteiger partial charge is 0.496 e. The van der Waals surface area contributed by atoms with Crippen LogP contribution in [-0.4, -0.2) is 32.6 Å². The second-order valence-corrected chi connectivity index (χ2v) is 5.24. The van der Waals surface area contributed by atoms with Crippen molar-refractivity contribution >= 4 is 0 Å². The van der Waals surface area contributed by atoms with Crippen LogP contribution in [0, 0.1) is 5.92 Å². The molecule has 0 spiro atoms. The molecule has 0 aliphatic heterocycles. The van der Waals surface area contributed by atoms with Gasteiger partial charge in [-0.15, -0.1) is 0 Å². The van der Waals surface area contributed by atoms with Crippen LogP contribution in [0.25, 0.3) is 0 Å². The van der Waals surface area contributed by atoms with Crippen molar-refractivity contribution < 1.29 is 4.74 Å². The highest BCUT2D eigenvalue weighted by Crippen LogP contribution is 2.31. The van der Waals surface area contributed by atoms with E-state index in [0.717, 1.165) is 18.6 Å². The molecular formula is C16H28N2O. The van der Waals surface area contributed by atoms with Crippen LogP contribution in [0.15, 0.2) is 18.2 Å². The van der Waals surface area contributed by atoms with Crippen molar-refractivity contribution in [1.29, 1.82) is 0 Å². The lowest BCUT2D eigenvalue weighted by Gasteiger charge is -2.32. The minimum absolute atomic E-state index is 0.367. The van der Waals surface area contributed by atoms with Gasteiger partial charge in [0.2, 0.25) is 0 Å². The molecule has 0 amide bonds. The van der Waals surface area contributed by atoms with Crippen LogP contribution in [-0.2, 0) is 6.42 Å². The third-order valence-corrected chi connectivity index (χ3v) is 3.86. The number of hydrogen-bond donors (Lipinski definition) is 1. The average Bonchev–Trinajstić information content (AvgIpc) is 2.43. The van der Waals surface area contributed by atoms with Crippen molar-refractivity contribution in [3.8, 4) is 5.75 Å². The number of nitrogens with zero attached hydrogens (tertiary/aromatic N) is 1. The number of methoxy groups -OCH3 is 1. The van der Waals surface area contributed by atoms with Crippen LogP contribution in [0.4, 0.5) is 0 Å². The first kappa shape index (κ1) is 16.0. The van der Waals surface area contributed by atoms with Crippen molar-refractivity contribution in [2.24, 2.45) is 11.7 Å². The summed E-state index contributed by atoms with van der Waals surface area (Å²) in [5.74, 6) is 1.46. The Balaban J connectivity index is 3.16. The number of ether oxygens (including phenoxy) is 1. The molecule has 2 unspecified atom stereocenters. The van der Waals surface area contributed by atoms with E-state index in [4.69, 9.17) is 10.5 Å². The molecule has 108 valence electrons. The Hall–Kier alpha value is -1.06.